The SMILES string of the molecule is CC(C)Oc1ccc(CC2=CNC(N(C)C)N=C2Cc2ccc(Cl)cc2)cc1. The lowest BCUT2D eigenvalue weighted by Gasteiger charge is -2.27. The Balaban J connectivity index is 1.77. The predicted octanol–water partition coefficient (Wildman–Crippen LogP) is 4.69. The number of ether oxygens (including phenoxy) is 1. The Morgan fingerprint density at radius 2 is 1.61 bits per heavy atom. The standard InChI is InChI=1S/C23H28ClN3O/c1-16(2)28-21-11-7-17(8-12-21)13-19-15-25-23(27(3)4)26-22(19)14-18-5-9-20(24)10-6-18/h5-12,15-16,23,25H,13-14H2,1-4H3. The number of halogens is 1. The molecule has 1 N–H and O–H groups in total. The van der Waals surface area contributed by atoms with E-state index in [9.17, 15) is 0 Å². The van der Waals surface area contributed by atoms with Gasteiger partial charge in [0.05, 0.1) is 6.10 Å². The minimum Gasteiger partial charge on any atom is -0.491 e. The van der Waals surface area contributed by atoms with Gasteiger partial charge in [0.1, 0.15) is 5.75 Å². The van der Waals surface area contributed by atoms with Crippen LogP contribution in [0.1, 0.15) is 25.0 Å². The maximum absolute atomic E-state index is 6.03. The number of nitrogens with zero attached hydrogens (tertiary/aromatic N) is 2. The molecule has 1 heterocycles. The third-order valence-electron chi connectivity index (χ3n) is 4.52. The van der Waals surface area contributed by atoms with Crippen molar-refractivity contribution in [1.29, 1.82) is 0 Å². The second-order valence-corrected chi connectivity index (χ2v) is 7.98. The van der Waals surface area contributed by atoms with Crippen molar-refractivity contribution in [3.8, 4) is 5.75 Å². The molecule has 5 heteroatoms. The Kier molecular flexibility index (Phi) is 6.76. The Morgan fingerprint density at radius 1 is 1.00 bits per heavy atom. The highest BCUT2D eigenvalue weighted by molar-refractivity contribution is 6.30. The summed E-state index contributed by atoms with van der Waals surface area (Å²) in [4.78, 5) is 7.00. The summed E-state index contributed by atoms with van der Waals surface area (Å²) in [5.74, 6) is 0.900. The lowest BCUT2D eigenvalue weighted by Crippen LogP contribution is -2.41. The first-order valence-corrected chi connectivity index (χ1v) is 9.97. The maximum atomic E-state index is 6.03. The summed E-state index contributed by atoms with van der Waals surface area (Å²) in [6.07, 6.45) is 3.83. The highest BCUT2D eigenvalue weighted by atomic mass is 35.5. The summed E-state index contributed by atoms with van der Waals surface area (Å²) in [5.41, 5.74) is 4.73. The van der Waals surface area contributed by atoms with Crippen molar-refractivity contribution in [1.82, 2.24) is 10.2 Å². The molecule has 0 amide bonds. The van der Waals surface area contributed by atoms with Crippen molar-refractivity contribution in [3.63, 3.8) is 0 Å². The average molecular weight is 398 g/mol. The summed E-state index contributed by atoms with van der Waals surface area (Å²) in [7, 11) is 4.04. The van der Waals surface area contributed by atoms with E-state index >= 15 is 0 Å². The number of nitrogens with one attached hydrogen (secondary N) is 1. The van der Waals surface area contributed by atoms with Crippen LogP contribution in [0.3, 0.4) is 0 Å². The molecule has 0 aromatic heterocycles. The third-order valence-corrected chi connectivity index (χ3v) is 4.77. The lowest BCUT2D eigenvalue weighted by molar-refractivity contribution is 0.242. The Bertz CT molecular complexity index is 839. The van der Waals surface area contributed by atoms with Crippen molar-refractivity contribution in [2.24, 2.45) is 4.99 Å². The van der Waals surface area contributed by atoms with Crippen molar-refractivity contribution < 1.29 is 4.74 Å². The monoisotopic (exact) mass is 397 g/mol. The molecule has 2 aromatic carbocycles. The topological polar surface area (TPSA) is 36.9 Å². The molecule has 0 fully saturated rings. The predicted molar refractivity (Wildman–Crippen MR) is 117 cm³/mol. The van der Waals surface area contributed by atoms with Gasteiger partial charge in [-0.15, -0.1) is 0 Å². The van der Waals surface area contributed by atoms with Crippen LogP contribution < -0.4 is 10.1 Å². The zero-order valence-electron chi connectivity index (χ0n) is 16.9. The molecule has 3 rings (SSSR count). The molecule has 0 spiro atoms. The molecule has 0 aliphatic carbocycles. The number of aliphatic imine (C=N–C) groups is 1. The molecule has 2 aromatic rings. The van der Waals surface area contributed by atoms with Crippen LogP contribution in [-0.4, -0.2) is 37.1 Å². The van der Waals surface area contributed by atoms with Crippen molar-refractivity contribution in [3.05, 3.63) is 76.5 Å². The molecule has 148 valence electrons. The fourth-order valence-corrected chi connectivity index (χ4v) is 3.20. The Hall–Kier alpha value is -2.30. The zero-order valence-corrected chi connectivity index (χ0v) is 17.7. The number of hydrogen-bond donors (Lipinski definition) is 1. The Morgan fingerprint density at radius 3 is 2.21 bits per heavy atom. The zero-order chi connectivity index (χ0) is 20.1. The van der Waals surface area contributed by atoms with E-state index in [-0.39, 0.29) is 12.4 Å². The van der Waals surface area contributed by atoms with Gasteiger partial charge < -0.3 is 10.1 Å². The van der Waals surface area contributed by atoms with Crippen LogP contribution in [0, 0.1) is 0 Å². The highest BCUT2D eigenvalue weighted by Crippen LogP contribution is 2.20. The van der Waals surface area contributed by atoms with Gasteiger partial charge >= 0.3 is 0 Å². The van der Waals surface area contributed by atoms with Crippen molar-refractivity contribution in [2.45, 2.75) is 39.1 Å². The van der Waals surface area contributed by atoms with Gasteiger partial charge in [-0.1, -0.05) is 35.9 Å². The molecule has 1 unspecified atom stereocenters. The molecule has 4 nitrogen and oxygen atoms in total. The molecule has 0 radical (unpaired) electrons. The first-order chi connectivity index (χ1) is 13.4. The first kappa shape index (κ1) is 20.4. The molecular weight excluding hydrogens is 370 g/mol. The smallest absolute Gasteiger partial charge is 0.175 e. The van der Waals surface area contributed by atoms with E-state index in [0.29, 0.717) is 0 Å². The van der Waals surface area contributed by atoms with E-state index in [2.05, 4.69) is 40.7 Å². The second-order valence-electron chi connectivity index (χ2n) is 7.54. The van der Waals surface area contributed by atoms with Gasteiger partial charge in [0.2, 0.25) is 0 Å². The molecule has 28 heavy (non-hydrogen) atoms. The molecule has 1 aliphatic rings. The normalized spacial score (nSPS) is 16.6. The van der Waals surface area contributed by atoms with Gasteiger partial charge in [-0.2, -0.15) is 0 Å². The fourth-order valence-electron chi connectivity index (χ4n) is 3.08. The van der Waals surface area contributed by atoms with E-state index in [4.69, 9.17) is 21.3 Å². The fraction of sp³-hybridized carbons (Fsp3) is 0.348. The van der Waals surface area contributed by atoms with Crippen LogP contribution in [0.2, 0.25) is 5.02 Å². The summed E-state index contributed by atoms with van der Waals surface area (Å²) in [5, 5.41) is 4.13. The number of benzene rings is 2. The van der Waals surface area contributed by atoms with Crippen molar-refractivity contribution in [2.75, 3.05) is 14.1 Å². The van der Waals surface area contributed by atoms with Crippen LogP contribution >= 0.6 is 11.6 Å². The van der Waals surface area contributed by atoms with Gasteiger partial charge in [0.15, 0.2) is 6.29 Å². The molecule has 1 atom stereocenters. The van der Waals surface area contributed by atoms with Crippen LogP contribution in [0.25, 0.3) is 0 Å². The first-order valence-electron chi connectivity index (χ1n) is 9.59. The quantitative estimate of drug-likeness (QED) is 0.736. The van der Waals surface area contributed by atoms with Gasteiger partial charge in [-0.05, 0) is 68.9 Å². The van der Waals surface area contributed by atoms with Crippen LogP contribution in [0.15, 0.2) is 65.3 Å². The van der Waals surface area contributed by atoms with Gasteiger partial charge in [0, 0.05) is 29.8 Å². The summed E-state index contributed by atoms with van der Waals surface area (Å²) in [6.45, 7) is 4.07. The Labute approximate surface area is 172 Å². The van der Waals surface area contributed by atoms with Gasteiger partial charge in [-0.25, -0.2) is 4.99 Å². The van der Waals surface area contributed by atoms with Crippen LogP contribution in [0.4, 0.5) is 0 Å². The molecule has 0 saturated heterocycles. The van der Waals surface area contributed by atoms with Crippen LogP contribution in [-0.2, 0) is 12.8 Å². The van der Waals surface area contributed by atoms with E-state index in [1.54, 1.807) is 0 Å². The molecule has 1 aliphatic heterocycles. The third kappa shape index (κ3) is 5.60. The molecular formula is C23H28ClN3O. The summed E-state index contributed by atoms with van der Waals surface area (Å²) in [6, 6.07) is 16.3. The van der Waals surface area contributed by atoms with Gasteiger partial charge in [0.25, 0.3) is 0 Å². The van der Waals surface area contributed by atoms with Gasteiger partial charge in [-0.3, -0.25) is 4.90 Å². The highest BCUT2D eigenvalue weighted by Gasteiger charge is 2.19. The van der Waals surface area contributed by atoms with E-state index < -0.39 is 0 Å². The van der Waals surface area contributed by atoms with E-state index in [1.807, 2.05) is 52.2 Å². The van der Waals surface area contributed by atoms with E-state index in [1.165, 1.54) is 16.7 Å². The van der Waals surface area contributed by atoms with E-state index in [0.717, 1.165) is 29.3 Å². The number of allylic oxidation sites excluding steroid dienone is 1. The summed E-state index contributed by atoms with van der Waals surface area (Å²) < 4.78 is 5.74. The second kappa shape index (κ2) is 9.26. The minimum absolute atomic E-state index is 0.0483. The molecule has 0 bridgehead atoms. The minimum atomic E-state index is -0.0483. The maximum Gasteiger partial charge on any atom is 0.175 e. The number of rotatable bonds is 7. The largest absolute Gasteiger partial charge is 0.491 e. The average Bonchev–Trinajstić information content (AvgIpc) is 2.66. The number of hydrogen-bond acceptors (Lipinski definition) is 4. The lowest BCUT2D eigenvalue weighted by atomic mass is 9.96. The summed E-state index contributed by atoms with van der Waals surface area (Å²) >= 11 is 6.03. The molecule has 0 saturated carbocycles. The van der Waals surface area contributed by atoms with Crippen molar-refractivity contribution >= 4 is 17.3 Å². The van der Waals surface area contributed by atoms with Crippen LogP contribution in [0.5, 0.6) is 5.75 Å².